The van der Waals surface area contributed by atoms with Crippen molar-refractivity contribution in [2.45, 2.75) is 45.4 Å². The summed E-state index contributed by atoms with van der Waals surface area (Å²) >= 11 is 0. The fourth-order valence-corrected chi connectivity index (χ4v) is 3.72. The van der Waals surface area contributed by atoms with Crippen LogP contribution >= 0.6 is 0 Å². The lowest BCUT2D eigenvalue weighted by Gasteiger charge is -2.06. The van der Waals surface area contributed by atoms with Crippen LogP contribution in [0.1, 0.15) is 43.7 Å². The normalized spacial score (nSPS) is 15.3. The second-order valence-electron chi connectivity index (χ2n) is 6.97. The lowest BCUT2D eigenvalue weighted by molar-refractivity contribution is 0.362. The first-order valence-corrected chi connectivity index (χ1v) is 8.92. The van der Waals surface area contributed by atoms with E-state index in [0.717, 1.165) is 35.4 Å². The predicted octanol–water partition coefficient (Wildman–Crippen LogP) is 3.41. The van der Waals surface area contributed by atoms with E-state index in [0.29, 0.717) is 17.4 Å². The summed E-state index contributed by atoms with van der Waals surface area (Å²) in [5.74, 6) is 2.09. The molecule has 1 saturated carbocycles. The third-order valence-electron chi connectivity index (χ3n) is 5.21. The van der Waals surface area contributed by atoms with Crippen molar-refractivity contribution in [3.8, 4) is 11.4 Å². The van der Waals surface area contributed by atoms with E-state index in [-0.39, 0.29) is 5.56 Å². The molecule has 0 N–H and O–H groups in total. The molecule has 6 nitrogen and oxygen atoms in total. The Morgan fingerprint density at radius 2 is 2.04 bits per heavy atom. The maximum Gasteiger partial charge on any atom is 0.272 e. The Kier molecular flexibility index (Phi) is 4.11. The molecule has 1 aromatic carbocycles. The van der Waals surface area contributed by atoms with Crippen molar-refractivity contribution in [2.75, 3.05) is 0 Å². The van der Waals surface area contributed by atoms with E-state index in [1.165, 1.54) is 25.7 Å². The minimum Gasteiger partial charge on any atom is -0.339 e. The van der Waals surface area contributed by atoms with Gasteiger partial charge < -0.3 is 9.09 Å². The molecule has 3 aromatic rings. The zero-order valence-corrected chi connectivity index (χ0v) is 14.7. The summed E-state index contributed by atoms with van der Waals surface area (Å²) in [6.07, 6.45) is 7.33. The van der Waals surface area contributed by atoms with Crippen molar-refractivity contribution in [3.63, 3.8) is 0 Å². The zero-order chi connectivity index (χ0) is 17.4. The highest BCUT2D eigenvalue weighted by atomic mass is 16.5. The van der Waals surface area contributed by atoms with E-state index < -0.39 is 0 Å². The van der Waals surface area contributed by atoms with Crippen molar-refractivity contribution >= 4 is 11.0 Å². The first-order valence-electron chi connectivity index (χ1n) is 8.92. The molecule has 1 aliphatic rings. The molecule has 0 saturated heterocycles. The molecule has 1 fully saturated rings. The maximum absolute atomic E-state index is 12.0. The minimum absolute atomic E-state index is 0.0750. The molecule has 0 unspecified atom stereocenters. The van der Waals surface area contributed by atoms with E-state index in [4.69, 9.17) is 4.52 Å². The first kappa shape index (κ1) is 16.0. The molecule has 0 radical (unpaired) electrons. The van der Waals surface area contributed by atoms with Crippen LogP contribution in [0.25, 0.3) is 22.4 Å². The number of nitrogens with zero attached hydrogens (tertiary/aromatic N) is 4. The van der Waals surface area contributed by atoms with Crippen LogP contribution in [0, 0.1) is 12.8 Å². The third-order valence-corrected chi connectivity index (χ3v) is 5.21. The molecule has 0 bridgehead atoms. The molecule has 6 heteroatoms. The van der Waals surface area contributed by atoms with Gasteiger partial charge in [-0.3, -0.25) is 4.79 Å². The summed E-state index contributed by atoms with van der Waals surface area (Å²) in [5, 5.41) is 4.12. The highest BCUT2D eigenvalue weighted by molar-refractivity contribution is 5.80. The van der Waals surface area contributed by atoms with Crippen molar-refractivity contribution in [2.24, 2.45) is 13.0 Å². The van der Waals surface area contributed by atoms with E-state index in [1.807, 2.05) is 18.2 Å². The van der Waals surface area contributed by atoms with Crippen LogP contribution in [-0.4, -0.2) is 19.7 Å². The second kappa shape index (κ2) is 6.43. The predicted molar refractivity (Wildman–Crippen MR) is 95.3 cm³/mol. The Hall–Kier alpha value is -2.50. The third kappa shape index (κ3) is 3.08. The summed E-state index contributed by atoms with van der Waals surface area (Å²) in [7, 11) is 1.76. The number of hydrogen-bond acceptors (Lipinski definition) is 5. The van der Waals surface area contributed by atoms with Crippen LogP contribution in [0.4, 0.5) is 0 Å². The van der Waals surface area contributed by atoms with Crippen molar-refractivity contribution in [3.05, 3.63) is 40.1 Å². The summed E-state index contributed by atoms with van der Waals surface area (Å²) in [4.78, 5) is 20.9. The summed E-state index contributed by atoms with van der Waals surface area (Å²) < 4.78 is 7.04. The van der Waals surface area contributed by atoms with Gasteiger partial charge in [0.15, 0.2) is 0 Å². The average molecular weight is 338 g/mol. The van der Waals surface area contributed by atoms with E-state index in [2.05, 4.69) is 15.1 Å². The minimum atomic E-state index is -0.0750. The molecule has 25 heavy (non-hydrogen) atoms. The van der Waals surface area contributed by atoms with Gasteiger partial charge in [0.1, 0.15) is 5.69 Å². The Balaban J connectivity index is 1.59. The van der Waals surface area contributed by atoms with Gasteiger partial charge in [-0.25, -0.2) is 4.98 Å². The van der Waals surface area contributed by atoms with Crippen molar-refractivity contribution in [1.82, 2.24) is 19.7 Å². The van der Waals surface area contributed by atoms with Gasteiger partial charge in [0, 0.05) is 19.0 Å². The van der Waals surface area contributed by atoms with E-state index in [1.54, 1.807) is 18.5 Å². The highest BCUT2D eigenvalue weighted by Crippen LogP contribution is 2.29. The lowest BCUT2D eigenvalue weighted by atomic mass is 10.0. The van der Waals surface area contributed by atoms with Gasteiger partial charge >= 0.3 is 0 Å². The summed E-state index contributed by atoms with van der Waals surface area (Å²) in [6.45, 7) is 1.73. The van der Waals surface area contributed by atoms with Crippen LogP contribution in [0.2, 0.25) is 0 Å². The Morgan fingerprint density at radius 1 is 1.24 bits per heavy atom. The number of aromatic nitrogens is 4. The van der Waals surface area contributed by atoms with Crippen LogP contribution < -0.4 is 5.56 Å². The van der Waals surface area contributed by atoms with Gasteiger partial charge in [-0.1, -0.05) is 30.8 Å². The number of benzene rings is 1. The molecule has 2 aromatic heterocycles. The molecule has 1 aliphatic carbocycles. The van der Waals surface area contributed by atoms with Crippen LogP contribution in [0.3, 0.4) is 0 Å². The Morgan fingerprint density at radius 3 is 2.84 bits per heavy atom. The zero-order valence-electron chi connectivity index (χ0n) is 14.7. The van der Waals surface area contributed by atoms with Crippen molar-refractivity contribution < 1.29 is 4.52 Å². The summed E-state index contributed by atoms with van der Waals surface area (Å²) in [6, 6.07) is 5.70. The summed E-state index contributed by atoms with van der Waals surface area (Å²) in [5.41, 5.74) is 2.82. The van der Waals surface area contributed by atoms with Gasteiger partial charge in [-0.05, 0) is 37.5 Å². The fourth-order valence-electron chi connectivity index (χ4n) is 3.72. The van der Waals surface area contributed by atoms with Crippen LogP contribution in [-0.2, 0) is 13.5 Å². The number of hydrogen-bond donors (Lipinski definition) is 0. The van der Waals surface area contributed by atoms with Crippen LogP contribution in [0.5, 0.6) is 0 Å². The average Bonchev–Trinajstić information content (AvgIpc) is 3.29. The molecular weight excluding hydrogens is 316 g/mol. The number of rotatable bonds is 4. The molecule has 130 valence electrons. The second-order valence-corrected chi connectivity index (χ2v) is 6.97. The SMILES string of the molecule is Cc1nc2cc(-c3noc(CCC4CCCC4)n3)ccc2n(C)c1=O. The quantitative estimate of drug-likeness (QED) is 0.729. The van der Waals surface area contributed by atoms with Crippen LogP contribution in [0.15, 0.2) is 27.5 Å². The number of aryl methyl sites for hydroxylation is 3. The Labute approximate surface area is 145 Å². The van der Waals surface area contributed by atoms with Gasteiger partial charge in [-0.15, -0.1) is 0 Å². The first-order chi connectivity index (χ1) is 12.1. The molecule has 4 rings (SSSR count). The standard InChI is InChI=1S/C19H22N4O2/c1-12-19(24)23(2)16-9-8-14(11-15(16)20-12)18-21-17(25-22-18)10-7-13-5-3-4-6-13/h8-9,11,13H,3-7,10H2,1-2H3. The molecule has 0 atom stereocenters. The van der Waals surface area contributed by atoms with E-state index in [9.17, 15) is 4.79 Å². The van der Waals surface area contributed by atoms with Gasteiger partial charge in [-0.2, -0.15) is 4.98 Å². The lowest BCUT2D eigenvalue weighted by Crippen LogP contribution is -2.21. The monoisotopic (exact) mass is 338 g/mol. The number of fused-ring (bicyclic) bond motifs is 1. The Bertz CT molecular complexity index is 967. The molecule has 0 aliphatic heterocycles. The highest BCUT2D eigenvalue weighted by Gasteiger charge is 2.17. The van der Waals surface area contributed by atoms with Gasteiger partial charge in [0.2, 0.25) is 11.7 Å². The smallest absolute Gasteiger partial charge is 0.272 e. The topological polar surface area (TPSA) is 73.8 Å². The van der Waals surface area contributed by atoms with Gasteiger partial charge in [0.25, 0.3) is 5.56 Å². The van der Waals surface area contributed by atoms with E-state index >= 15 is 0 Å². The molecule has 0 amide bonds. The fraction of sp³-hybridized carbons (Fsp3) is 0.474. The van der Waals surface area contributed by atoms with Crippen molar-refractivity contribution in [1.29, 1.82) is 0 Å². The maximum atomic E-state index is 12.0. The largest absolute Gasteiger partial charge is 0.339 e. The molecular formula is C19H22N4O2. The van der Waals surface area contributed by atoms with Gasteiger partial charge in [0.05, 0.1) is 11.0 Å². The molecule has 0 spiro atoms. The molecule has 2 heterocycles.